The summed E-state index contributed by atoms with van der Waals surface area (Å²) < 4.78 is 32.2. The molecule has 0 bridgehead atoms. The summed E-state index contributed by atoms with van der Waals surface area (Å²) in [5.74, 6) is -0.137. The number of unbranched alkanes of at least 4 members (excludes halogenated alkanes) is 1. The molecular formula is C22H36N6O4S. The monoisotopic (exact) mass is 480 g/mol. The number of guanidine groups is 1. The lowest BCUT2D eigenvalue weighted by Crippen LogP contribution is -2.40. The Hall–Kier alpha value is -2.50. The van der Waals surface area contributed by atoms with Gasteiger partial charge in [-0.05, 0) is 37.1 Å². The molecule has 2 rings (SSSR count). The number of rotatable bonds is 9. The van der Waals surface area contributed by atoms with Gasteiger partial charge >= 0.3 is 0 Å². The van der Waals surface area contributed by atoms with Crippen LogP contribution in [0.15, 0.2) is 39.1 Å². The normalized spacial score (nSPS) is 17.0. The third-order valence-electron chi connectivity index (χ3n) is 5.24. The maximum absolute atomic E-state index is 13.0. The summed E-state index contributed by atoms with van der Waals surface area (Å²) in [7, 11) is 0.0215. The molecule has 10 nitrogen and oxygen atoms in total. The fourth-order valence-corrected chi connectivity index (χ4v) is 4.76. The molecule has 184 valence electrons. The summed E-state index contributed by atoms with van der Waals surface area (Å²) in [6.45, 7) is 5.99. The van der Waals surface area contributed by atoms with Gasteiger partial charge in [0.1, 0.15) is 5.84 Å². The minimum atomic E-state index is -3.59. The molecule has 0 saturated carbocycles. The molecule has 11 heteroatoms. The van der Waals surface area contributed by atoms with Gasteiger partial charge in [-0.2, -0.15) is 9.30 Å². The Bertz CT molecular complexity index is 938. The van der Waals surface area contributed by atoms with Crippen molar-refractivity contribution in [2.45, 2.75) is 38.0 Å². The van der Waals surface area contributed by atoms with Gasteiger partial charge in [-0.1, -0.05) is 20.3 Å². The Kier molecular flexibility index (Phi) is 10.3. The molecule has 1 unspecified atom stereocenters. The molecule has 3 N–H and O–H groups in total. The minimum Gasteiger partial charge on any atom is -0.379 e. The predicted molar refractivity (Wildman–Crippen MR) is 131 cm³/mol. The van der Waals surface area contributed by atoms with Crippen LogP contribution in [0.3, 0.4) is 0 Å². The number of amides is 1. The third-order valence-corrected chi connectivity index (χ3v) is 7.15. The summed E-state index contributed by atoms with van der Waals surface area (Å²) in [5, 5.41) is 2.86. The molecule has 0 aromatic heterocycles. The maximum atomic E-state index is 13.0. The number of hydrogen-bond donors (Lipinski definition) is 2. The number of nitrogens with zero attached hydrogens (tertiary/aromatic N) is 4. The third kappa shape index (κ3) is 7.51. The molecule has 1 aliphatic heterocycles. The molecule has 0 spiro atoms. The number of nitrogens with one attached hydrogen (secondary N) is 1. The lowest BCUT2D eigenvalue weighted by atomic mass is 10.0. The van der Waals surface area contributed by atoms with Crippen LogP contribution < -0.4 is 11.1 Å². The second-order valence-electron chi connectivity index (χ2n) is 7.95. The standard InChI is InChI=1S/C22H36N6O4S/c1-5-7-12-24-22(23)26-20(27(3)4)19(6-2)21(29)25-17-8-10-18(11-9-17)33(30,31)28-13-15-32-16-14-28/h8-11,19H,5-7,12-16H2,1-4H3,(H2,23,24)(H,25,29). The summed E-state index contributed by atoms with van der Waals surface area (Å²) >= 11 is 0. The van der Waals surface area contributed by atoms with Gasteiger partial charge in [0.2, 0.25) is 21.9 Å². The van der Waals surface area contributed by atoms with Crippen LogP contribution in [-0.2, 0) is 19.6 Å². The number of benzene rings is 1. The van der Waals surface area contributed by atoms with Crippen molar-refractivity contribution in [2.24, 2.45) is 21.6 Å². The van der Waals surface area contributed by atoms with Gasteiger partial charge in [-0.25, -0.2) is 8.42 Å². The lowest BCUT2D eigenvalue weighted by molar-refractivity contribution is -0.118. The van der Waals surface area contributed by atoms with Gasteiger partial charge in [0.05, 0.1) is 24.0 Å². The zero-order valence-electron chi connectivity index (χ0n) is 20.0. The van der Waals surface area contributed by atoms with E-state index in [9.17, 15) is 13.2 Å². The molecule has 33 heavy (non-hydrogen) atoms. The van der Waals surface area contributed by atoms with Crippen LogP contribution in [0.1, 0.15) is 33.1 Å². The van der Waals surface area contributed by atoms with Crippen LogP contribution >= 0.6 is 0 Å². The van der Waals surface area contributed by atoms with E-state index >= 15 is 0 Å². The molecule has 1 atom stereocenters. The molecule has 0 aliphatic carbocycles. The molecule has 0 radical (unpaired) electrons. The van der Waals surface area contributed by atoms with Crippen molar-refractivity contribution in [2.75, 3.05) is 52.3 Å². The number of carbonyl (C=O) groups is 1. The van der Waals surface area contributed by atoms with Gasteiger partial charge in [-0.3, -0.25) is 9.79 Å². The quantitative estimate of drug-likeness (QED) is 0.315. The largest absolute Gasteiger partial charge is 0.379 e. The van der Waals surface area contributed by atoms with Crippen molar-refractivity contribution in [3.8, 4) is 0 Å². The van der Waals surface area contributed by atoms with E-state index in [0.717, 1.165) is 12.8 Å². The summed E-state index contributed by atoms with van der Waals surface area (Å²) in [5.41, 5.74) is 6.45. The topological polar surface area (TPSA) is 130 Å². The highest BCUT2D eigenvalue weighted by atomic mass is 32.2. The van der Waals surface area contributed by atoms with Crippen LogP contribution in [0.5, 0.6) is 0 Å². The first-order valence-electron chi connectivity index (χ1n) is 11.2. The van der Waals surface area contributed by atoms with E-state index in [-0.39, 0.29) is 16.8 Å². The number of anilines is 1. The number of aliphatic imine (C=N–C) groups is 2. The number of ether oxygens (including phenoxy) is 1. The van der Waals surface area contributed by atoms with E-state index in [0.29, 0.717) is 50.8 Å². The highest BCUT2D eigenvalue weighted by molar-refractivity contribution is 7.89. The van der Waals surface area contributed by atoms with Gasteiger partial charge in [-0.15, -0.1) is 0 Å². The van der Waals surface area contributed by atoms with Crippen LogP contribution in [0, 0.1) is 5.92 Å². The minimum absolute atomic E-state index is 0.149. The van der Waals surface area contributed by atoms with Crippen molar-refractivity contribution < 1.29 is 17.9 Å². The zero-order valence-corrected chi connectivity index (χ0v) is 20.8. The van der Waals surface area contributed by atoms with Gasteiger partial charge in [0, 0.05) is 39.4 Å². The summed E-state index contributed by atoms with van der Waals surface area (Å²) in [6.07, 6.45) is 2.44. The summed E-state index contributed by atoms with van der Waals surface area (Å²) in [4.78, 5) is 23.6. The Labute approximate surface area is 197 Å². The fourth-order valence-electron chi connectivity index (χ4n) is 3.35. The molecule has 1 amide bonds. The van der Waals surface area contributed by atoms with E-state index in [1.807, 2.05) is 6.92 Å². The van der Waals surface area contributed by atoms with Crippen molar-refractivity contribution in [3.63, 3.8) is 0 Å². The van der Waals surface area contributed by atoms with Crippen LogP contribution in [0.4, 0.5) is 5.69 Å². The highest BCUT2D eigenvalue weighted by Crippen LogP contribution is 2.20. The van der Waals surface area contributed by atoms with Crippen LogP contribution in [0.2, 0.25) is 0 Å². The zero-order chi connectivity index (χ0) is 24.4. The van der Waals surface area contributed by atoms with Crippen LogP contribution in [0.25, 0.3) is 0 Å². The molecule has 1 heterocycles. The van der Waals surface area contributed by atoms with E-state index in [2.05, 4.69) is 22.2 Å². The number of morpholine rings is 1. The molecule has 1 fully saturated rings. The Morgan fingerprint density at radius 3 is 2.39 bits per heavy atom. The predicted octanol–water partition coefficient (Wildman–Crippen LogP) is 1.75. The maximum Gasteiger partial charge on any atom is 0.243 e. The number of sulfonamides is 1. The average molecular weight is 481 g/mol. The first kappa shape index (κ1) is 26.7. The fraction of sp³-hybridized carbons (Fsp3) is 0.591. The van der Waals surface area contributed by atoms with Gasteiger partial charge in [0.25, 0.3) is 0 Å². The highest BCUT2D eigenvalue weighted by Gasteiger charge is 2.27. The SMILES string of the molecule is CCCCN=C(N)N=C(C(CC)C(=O)Nc1ccc(S(=O)(=O)N2CCOCC2)cc1)N(C)C. The molecule has 1 saturated heterocycles. The first-order chi connectivity index (χ1) is 15.7. The number of carbonyl (C=O) groups excluding carboxylic acids is 1. The molecular weight excluding hydrogens is 444 g/mol. The first-order valence-corrected chi connectivity index (χ1v) is 12.7. The van der Waals surface area contributed by atoms with E-state index in [1.165, 1.54) is 16.4 Å². The van der Waals surface area contributed by atoms with E-state index in [4.69, 9.17) is 10.5 Å². The van der Waals surface area contributed by atoms with E-state index in [1.54, 1.807) is 31.1 Å². The smallest absolute Gasteiger partial charge is 0.243 e. The summed E-state index contributed by atoms with van der Waals surface area (Å²) in [6, 6.07) is 6.18. The molecule has 1 aromatic carbocycles. The van der Waals surface area contributed by atoms with Crippen molar-refractivity contribution in [3.05, 3.63) is 24.3 Å². The Morgan fingerprint density at radius 1 is 1.21 bits per heavy atom. The van der Waals surface area contributed by atoms with Gasteiger partial charge < -0.3 is 20.7 Å². The molecule has 1 aliphatic rings. The number of amidine groups is 1. The number of nitrogens with two attached hydrogens (primary N) is 1. The van der Waals surface area contributed by atoms with Crippen molar-refractivity contribution in [1.82, 2.24) is 9.21 Å². The van der Waals surface area contributed by atoms with Gasteiger partial charge in [0.15, 0.2) is 0 Å². The molecule has 1 aromatic rings. The lowest BCUT2D eigenvalue weighted by Gasteiger charge is -2.26. The second kappa shape index (κ2) is 12.7. The number of hydrogen-bond acceptors (Lipinski definition) is 5. The Balaban J connectivity index is 2.14. The van der Waals surface area contributed by atoms with Crippen LogP contribution in [-0.4, -0.2) is 82.3 Å². The van der Waals surface area contributed by atoms with Crippen molar-refractivity contribution >= 4 is 33.4 Å². The average Bonchev–Trinajstić information content (AvgIpc) is 2.80. The Morgan fingerprint density at radius 2 is 1.85 bits per heavy atom. The van der Waals surface area contributed by atoms with E-state index < -0.39 is 15.9 Å². The second-order valence-corrected chi connectivity index (χ2v) is 9.89. The van der Waals surface area contributed by atoms with Crippen molar-refractivity contribution in [1.29, 1.82) is 0 Å².